The second-order valence-corrected chi connectivity index (χ2v) is 3.61. The van der Waals surface area contributed by atoms with Gasteiger partial charge in [0.1, 0.15) is 0 Å². The molecule has 22 heavy (non-hydrogen) atoms. The highest BCUT2D eigenvalue weighted by Crippen LogP contribution is 1.88. The lowest BCUT2D eigenvalue weighted by Gasteiger charge is -2.02. The first-order valence-corrected chi connectivity index (χ1v) is 6.69. The summed E-state index contributed by atoms with van der Waals surface area (Å²) in [5.41, 5.74) is 0. The number of carboxylic acid groups (broad SMARTS) is 2. The first kappa shape index (κ1) is 24.8. The fraction of sp³-hybridized carbons (Fsp3) is 0.692. The Morgan fingerprint density at radius 3 is 1.14 bits per heavy atom. The van der Waals surface area contributed by atoms with Crippen LogP contribution in [0.1, 0.15) is 40.0 Å². The highest BCUT2D eigenvalue weighted by molar-refractivity contribution is 6.29. The zero-order valence-corrected chi connectivity index (χ0v) is 13.0. The van der Waals surface area contributed by atoms with Crippen LogP contribution in [0.5, 0.6) is 0 Å². The van der Waals surface area contributed by atoms with E-state index in [0.29, 0.717) is 19.4 Å². The first-order chi connectivity index (χ1) is 10.3. The smallest absolute Gasteiger partial charge is 0.417 e. The number of hydrogen-bond donors (Lipinski definition) is 3. The molecule has 0 amide bonds. The molecule has 0 aliphatic heterocycles. The normalized spacial score (nSPS) is 8.36. The maximum Gasteiger partial charge on any atom is 0.417 e. The van der Waals surface area contributed by atoms with Gasteiger partial charge in [-0.3, -0.25) is 0 Å². The number of aliphatic hydroxyl groups excluding tert-OH is 1. The monoisotopic (exact) mass is 324 g/mol. The molecule has 0 aromatic rings. The van der Waals surface area contributed by atoms with Crippen molar-refractivity contribution in [2.45, 2.75) is 40.0 Å². The zero-order chi connectivity index (χ0) is 18.0. The Morgan fingerprint density at radius 1 is 0.727 bits per heavy atom. The van der Waals surface area contributed by atoms with Crippen molar-refractivity contribution in [3.8, 4) is 0 Å². The molecule has 0 saturated carbocycles. The van der Waals surface area contributed by atoms with Gasteiger partial charge in [0.05, 0.1) is 13.2 Å². The van der Waals surface area contributed by atoms with Crippen molar-refractivity contribution in [2.75, 3.05) is 19.8 Å². The van der Waals surface area contributed by atoms with Gasteiger partial charge in [-0.05, 0) is 19.3 Å². The molecule has 0 spiro atoms. The molecule has 0 aromatic heterocycles. The van der Waals surface area contributed by atoms with Gasteiger partial charge in [0, 0.05) is 6.61 Å². The SMILES string of the molecule is CCCO.CCCOC(=O)C(=O)OCCC.O=C(O)C(=O)O. The summed E-state index contributed by atoms with van der Waals surface area (Å²) in [5.74, 6) is -5.44. The standard InChI is InChI=1S/C8H14O4.C3H8O.C2H2O4/c1-3-5-11-7(9)8(10)12-6-4-2;1-2-3-4;3-1(4)2(5)6/h3-6H2,1-2H3;4H,2-3H2,1H3;(H,3,4)(H,5,6). The molecule has 0 aliphatic rings. The largest absolute Gasteiger partial charge is 0.473 e. The van der Waals surface area contributed by atoms with E-state index in [-0.39, 0.29) is 13.2 Å². The maximum atomic E-state index is 10.7. The second-order valence-electron chi connectivity index (χ2n) is 3.61. The van der Waals surface area contributed by atoms with Crippen LogP contribution in [0.15, 0.2) is 0 Å². The van der Waals surface area contributed by atoms with Crippen molar-refractivity contribution >= 4 is 23.9 Å². The van der Waals surface area contributed by atoms with Gasteiger partial charge >= 0.3 is 23.9 Å². The van der Waals surface area contributed by atoms with E-state index in [1.165, 1.54) is 0 Å². The van der Waals surface area contributed by atoms with Crippen LogP contribution in [-0.4, -0.2) is 59.0 Å². The molecule has 0 saturated heterocycles. The van der Waals surface area contributed by atoms with Crippen LogP contribution >= 0.6 is 0 Å². The van der Waals surface area contributed by atoms with Gasteiger partial charge in [-0.25, -0.2) is 19.2 Å². The van der Waals surface area contributed by atoms with E-state index in [4.69, 9.17) is 24.9 Å². The number of rotatable bonds is 5. The first-order valence-electron chi connectivity index (χ1n) is 6.69. The van der Waals surface area contributed by atoms with Crippen LogP contribution in [-0.2, 0) is 28.7 Å². The van der Waals surface area contributed by atoms with E-state index in [1.807, 2.05) is 20.8 Å². The maximum absolute atomic E-state index is 10.7. The number of carbonyl (C=O) groups is 4. The predicted molar refractivity (Wildman–Crippen MR) is 75.1 cm³/mol. The number of carbonyl (C=O) groups excluding carboxylic acids is 2. The molecule has 0 aliphatic carbocycles. The lowest BCUT2D eigenvalue weighted by atomic mass is 10.5. The fourth-order valence-corrected chi connectivity index (χ4v) is 0.507. The summed E-state index contributed by atoms with van der Waals surface area (Å²) in [7, 11) is 0. The lowest BCUT2D eigenvalue weighted by molar-refractivity contribution is -0.167. The van der Waals surface area contributed by atoms with Gasteiger partial charge < -0.3 is 24.8 Å². The molecule has 0 aromatic carbocycles. The van der Waals surface area contributed by atoms with Crippen LogP contribution in [0, 0.1) is 0 Å². The molecule has 0 heterocycles. The Bertz CT molecular complexity index is 293. The quantitative estimate of drug-likeness (QED) is 0.483. The number of ether oxygens (including phenoxy) is 2. The van der Waals surface area contributed by atoms with E-state index < -0.39 is 23.9 Å². The van der Waals surface area contributed by atoms with E-state index >= 15 is 0 Å². The molecule has 0 radical (unpaired) electrons. The van der Waals surface area contributed by atoms with Crippen molar-refractivity contribution in [2.24, 2.45) is 0 Å². The van der Waals surface area contributed by atoms with Gasteiger partial charge in [0.15, 0.2) is 0 Å². The molecule has 0 bridgehead atoms. The highest BCUT2D eigenvalue weighted by atomic mass is 16.6. The predicted octanol–water partition coefficient (Wildman–Crippen LogP) is 0.437. The minimum atomic E-state index is -1.82. The number of aliphatic carboxylic acids is 2. The Kier molecular flexibility index (Phi) is 21.3. The number of aliphatic hydroxyl groups is 1. The molecule has 0 fully saturated rings. The van der Waals surface area contributed by atoms with Crippen LogP contribution in [0.25, 0.3) is 0 Å². The lowest BCUT2D eigenvalue weighted by Crippen LogP contribution is -2.20. The molecular formula is C13H24O9. The summed E-state index contributed by atoms with van der Waals surface area (Å²) in [4.78, 5) is 39.6. The molecular weight excluding hydrogens is 300 g/mol. The fourth-order valence-electron chi connectivity index (χ4n) is 0.507. The average Bonchev–Trinajstić information content (AvgIpc) is 2.50. The summed E-state index contributed by atoms with van der Waals surface area (Å²) >= 11 is 0. The van der Waals surface area contributed by atoms with E-state index in [2.05, 4.69) is 9.47 Å². The second kappa shape index (κ2) is 18.8. The van der Waals surface area contributed by atoms with Gasteiger partial charge in [-0.1, -0.05) is 20.8 Å². The molecule has 3 N–H and O–H groups in total. The Morgan fingerprint density at radius 2 is 1.00 bits per heavy atom. The third-order valence-electron chi connectivity index (χ3n) is 1.45. The van der Waals surface area contributed by atoms with Gasteiger partial charge in [-0.2, -0.15) is 0 Å². The molecule has 0 unspecified atom stereocenters. The summed E-state index contributed by atoms with van der Waals surface area (Å²) in [6, 6.07) is 0. The van der Waals surface area contributed by atoms with Crippen molar-refractivity contribution in [3.05, 3.63) is 0 Å². The Labute approximate surface area is 128 Å². The number of carboxylic acids is 2. The third-order valence-corrected chi connectivity index (χ3v) is 1.45. The minimum Gasteiger partial charge on any atom is -0.473 e. The van der Waals surface area contributed by atoms with Gasteiger partial charge in [-0.15, -0.1) is 0 Å². The van der Waals surface area contributed by atoms with Crippen molar-refractivity contribution in [3.63, 3.8) is 0 Å². The zero-order valence-electron chi connectivity index (χ0n) is 13.0. The Balaban J connectivity index is -0.000000300. The van der Waals surface area contributed by atoms with Crippen molar-refractivity contribution in [1.29, 1.82) is 0 Å². The van der Waals surface area contributed by atoms with Crippen LogP contribution < -0.4 is 0 Å². The summed E-state index contributed by atoms with van der Waals surface area (Å²) in [6.45, 7) is 6.48. The van der Waals surface area contributed by atoms with E-state index in [0.717, 1.165) is 6.42 Å². The van der Waals surface area contributed by atoms with E-state index in [1.54, 1.807) is 0 Å². The van der Waals surface area contributed by atoms with Crippen molar-refractivity contribution in [1.82, 2.24) is 0 Å². The number of esters is 2. The van der Waals surface area contributed by atoms with Crippen LogP contribution in [0.4, 0.5) is 0 Å². The Hall–Kier alpha value is -2.16. The van der Waals surface area contributed by atoms with Crippen molar-refractivity contribution < 1.29 is 44.0 Å². The topological polar surface area (TPSA) is 147 Å². The van der Waals surface area contributed by atoms with Gasteiger partial charge in [0.2, 0.25) is 0 Å². The summed E-state index contributed by atoms with van der Waals surface area (Å²) in [5, 5.41) is 22.7. The van der Waals surface area contributed by atoms with E-state index in [9.17, 15) is 9.59 Å². The molecule has 9 heteroatoms. The summed E-state index contributed by atoms with van der Waals surface area (Å²) < 4.78 is 9.07. The molecule has 130 valence electrons. The van der Waals surface area contributed by atoms with Crippen LogP contribution in [0.2, 0.25) is 0 Å². The molecule has 0 rings (SSSR count). The molecule has 9 nitrogen and oxygen atoms in total. The highest BCUT2D eigenvalue weighted by Gasteiger charge is 2.15. The molecule has 0 atom stereocenters. The third kappa shape index (κ3) is 23.0. The van der Waals surface area contributed by atoms with Gasteiger partial charge in [0.25, 0.3) is 0 Å². The van der Waals surface area contributed by atoms with Crippen LogP contribution in [0.3, 0.4) is 0 Å². The number of hydrogen-bond acceptors (Lipinski definition) is 7. The average molecular weight is 324 g/mol. The summed E-state index contributed by atoms with van der Waals surface area (Å²) in [6.07, 6.45) is 2.28. The minimum absolute atomic E-state index is 0.264.